The fraction of sp³-hybridized carbons (Fsp3) is 0.588. The highest BCUT2D eigenvalue weighted by atomic mass is 35.5. The van der Waals surface area contributed by atoms with Gasteiger partial charge in [0.25, 0.3) is 0 Å². The number of likely N-dealkylation sites (tertiary alicyclic amines) is 1. The summed E-state index contributed by atoms with van der Waals surface area (Å²) in [7, 11) is 1.42. The molecule has 1 heterocycles. The van der Waals surface area contributed by atoms with Crippen LogP contribution in [0.25, 0.3) is 0 Å². The first-order chi connectivity index (χ1) is 11.5. The van der Waals surface area contributed by atoms with Crippen LogP contribution in [0.1, 0.15) is 30.7 Å². The second-order valence-corrected chi connectivity index (χ2v) is 7.43. The van der Waals surface area contributed by atoms with Gasteiger partial charge in [-0.15, -0.1) is 0 Å². The van der Waals surface area contributed by atoms with Crippen LogP contribution in [-0.2, 0) is 9.53 Å². The summed E-state index contributed by atoms with van der Waals surface area (Å²) >= 11 is 13.8. The highest BCUT2D eigenvalue weighted by molar-refractivity contribution is 7.96. The number of hydrogen-bond acceptors (Lipinski definition) is 5. The minimum atomic E-state index is -0.313. The number of benzene rings is 1. The fourth-order valence-corrected chi connectivity index (χ4v) is 3.92. The normalized spacial score (nSPS) is 17.7. The number of carbonyl (C=O) groups excluding carboxylic acids is 1. The van der Waals surface area contributed by atoms with E-state index >= 15 is 0 Å². The lowest BCUT2D eigenvalue weighted by Gasteiger charge is -2.32. The quantitative estimate of drug-likeness (QED) is 0.563. The van der Waals surface area contributed by atoms with E-state index in [1.54, 1.807) is 24.1 Å². The average Bonchev–Trinajstić information content (AvgIpc) is 2.59. The summed E-state index contributed by atoms with van der Waals surface area (Å²) < 4.78 is 8.40. The van der Waals surface area contributed by atoms with Gasteiger partial charge in [0.1, 0.15) is 0 Å². The number of piperidine rings is 1. The molecule has 7 heteroatoms. The third-order valence-electron chi connectivity index (χ3n) is 4.44. The van der Waals surface area contributed by atoms with Crippen LogP contribution >= 0.6 is 35.1 Å². The van der Waals surface area contributed by atoms with Crippen LogP contribution in [0.15, 0.2) is 18.2 Å². The Hall–Kier alpha value is -0.460. The molecule has 0 amide bonds. The summed E-state index contributed by atoms with van der Waals surface area (Å²) in [6, 6.07) is 5.93. The highest BCUT2D eigenvalue weighted by Gasteiger charge is 2.25. The van der Waals surface area contributed by atoms with Crippen molar-refractivity contribution in [3.63, 3.8) is 0 Å². The summed E-state index contributed by atoms with van der Waals surface area (Å²) in [5.74, 6) is -0.542. The summed E-state index contributed by atoms with van der Waals surface area (Å²) in [6.07, 6.45) is 5.04. The fourth-order valence-electron chi connectivity index (χ4n) is 3.04. The van der Waals surface area contributed by atoms with Gasteiger partial charge in [0.2, 0.25) is 0 Å². The number of hydrogen-bond donors (Lipinski definition) is 1. The summed E-state index contributed by atoms with van der Waals surface area (Å²) in [5.41, 5.74) is 0.857. The van der Waals surface area contributed by atoms with Gasteiger partial charge in [-0.2, -0.15) is 0 Å². The number of nitrogens with zero attached hydrogens (tertiary/aromatic N) is 1. The van der Waals surface area contributed by atoms with Crippen LogP contribution in [-0.4, -0.2) is 49.9 Å². The Bertz CT molecular complexity index is 551. The molecule has 1 unspecified atom stereocenters. The molecule has 1 fully saturated rings. The number of halogens is 2. The molecule has 1 aliphatic rings. The Kier molecular flexibility index (Phi) is 8.17. The van der Waals surface area contributed by atoms with E-state index in [1.165, 1.54) is 7.11 Å². The molecular weight excluding hydrogens is 367 g/mol. The molecule has 0 bridgehead atoms. The van der Waals surface area contributed by atoms with Gasteiger partial charge < -0.3 is 9.64 Å². The number of rotatable bonds is 7. The van der Waals surface area contributed by atoms with Crippen molar-refractivity contribution in [2.75, 3.05) is 33.0 Å². The molecule has 1 N–H and O–H groups in total. The van der Waals surface area contributed by atoms with Crippen LogP contribution in [0.3, 0.4) is 0 Å². The van der Waals surface area contributed by atoms with Crippen molar-refractivity contribution in [3.8, 4) is 0 Å². The second-order valence-electron chi connectivity index (χ2n) is 5.98. The lowest BCUT2D eigenvalue weighted by atomic mass is 9.95. The van der Waals surface area contributed by atoms with Crippen molar-refractivity contribution in [2.45, 2.75) is 31.2 Å². The van der Waals surface area contributed by atoms with Crippen molar-refractivity contribution in [1.82, 2.24) is 9.62 Å². The summed E-state index contributed by atoms with van der Waals surface area (Å²) in [6.45, 7) is 2.97. The molecule has 0 saturated carbocycles. The molecule has 2 rings (SSSR count). The van der Waals surface area contributed by atoms with Crippen LogP contribution in [0, 0.1) is 0 Å². The molecule has 134 valence electrons. The highest BCUT2D eigenvalue weighted by Crippen LogP contribution is 2.29. The van der Waals surface area contributed by atoms with Gasteiger partial charge in [-0.1, -0.05) is 41.2 Å². The zero-order valence-corrected chi connectivity index (χ0v) is 16.4. The topological polar surface area (TPSA) is 41.6 Å². The Labute approximate surface area is 158 Å². The molecule has 1 atom stereocenters. The molecular formula is C17H24Cl2N2O2S. The van der Waals surface area contributed by atoms with E-state index < -0.39 is 0 Å². The largest absolute Gasteiger partial charge is 0.469 e. The Balaban J connectivity index is 1.95. The number of methoxy groups -OCH3 is 1. The van der Waals surface area contributed by atoms with Crippen molar-refractivity contribution < 1.29 is 9.53 Å². The van der Waals surface area contributed by atoms with E-state index in [9.17, 15) is 4.79 Å². The minimum absolute atomic E-state index is 0.229. The van der Waals surface area contributed by atoms with Gasteiger partial charge in [0, 0.05) is 6.04 Å². The van der Waals surface area contributed by atoms with Crippen molar-refractivity contribution in [3.05, 3.63) is 33.8 Å². The lowest BCUT2D eigenvalue weighted by molar-refractivity contribution is -0.142. The van der Waals surface area contributed by atoms with Gasteiger partial charge in [-0.05, 0) is 62.8 Å². The summed E-state index contributed by atoms with van der Waals surface area (Å²) in [5, 5.41) is 0.958. The van der Waals surface area contributed by atoms with E-state index in [1.807, 2.05) is 6.07 Å². The van der Waals surface area contributed by atoms with Crippen molar-refractivity contribution in [2.24, 2.45) is 0 Å². The smallest absolute Gasteiger partial charge is 0.313 e. The standard InChI is InChI=1S/C17H24Cl2N2O2S/c1-23-17(22)14(12-3-4-15(18)16(19)11-12)7-10-21-8-5-13(6-9-21)20-24-2/h3-4,11,13-14,20H,5-10H2,1-2H3. The van der Waals surface area contributed by atoms with Gasteiger partial charge in [-0.25, -0.2) is 0 Å². The van der Waals surface area contributed by atoms with Crippen LogP contribution < -0.4 is 4.72 Å². The maximum atomic E-state index is 12.2. The second kappa shape index (κ2) is 9.88. The summed E-state index contributed by atoms with van der Waals surface area (Å²) in [4.78, 5) is 14.6. The minimum Gasteiger partial charge on any atom is -0.469 e. The molecule has 1 aromatic rings. The van der Waals surface area contributed by atoms with Gasteiger partial charge >= 0.3 is 5.97 Å². The Morgan fingerprint density at radius 3 is 2.67 bits per heavy atom. The van der Waals surface area contributed by atoms with E-state index in [0.29, 0.717) is 22.5 Å². The van der Waals surface area contributed by atoms with E-state index in [0.717, 1.165) is 38.0 Å². The molecule has 4 nitrogen and oxygen atoms in total. The number of carbonyl (C=O) groups is 1. The third-order valence-corrected chi connectivity index (χ3v) is 5.75. The number of ether oxygens (including phenoxy) is 1. The van der Waals surface area contributed by atoms with Crippen molar-refractivity contribution >= 4 is 41.1 Å². The Morgan fingerprint density at radius 1 is 1.38 bits per heavy atom. The lowest BCUT2D eigenvalue weighted by Crippen LogP contribution is -2.41. The van der Waals surface area contributed by atoms with Gasteiger partial charge in [-0.3, -0.25) is 9.52 Å². The molecule has 1 saturated heterocycles. The Morgan fingerprint density at radius 2 is 2.08 bits per heavy atom. The van der Waals surface area contributed by atoms with Crippen LogP contribution in [0.2, 0.25) is 10.0 Å². The van der Waals surface area contributed by atoms with Gasteiger partial charge in [0.15, 0.2) is 0 Å². The monoisotopic (exact) mass is 390 g/mol. The SMILES string of the molecule is COC(=O)C(CCN1CCC(NSC)CC1)c1ccc(Cl)c(Cl)c1. The first-order valence-corrected chi connectivity index (χ1v) is 10.1. The van der Waals surface area contributed by atoms with Crippen LogP contribution in [0.4, 0.5) is 0 Å². The van der Waals surface area contributed by atoms with Crippen LogP contribution in [0.5, 0.6) is 0 Å². The molecule has 0 aliphatic carbocycles. The predicted molar refractivity (Wildman–Crippen MR) is 102 cm³/mol. The van der Waals surface area contributed by atoms with Gasteiger partial charge in [0.05, 0.1) is 23.1 Å². The predicted octanol–water partition coefficient (Wildman–Crippen LogP) is 3.97. The molecule has 0 spiro atoms. The maximum Gasteiger partial charge on any atom is 0.313 e. The molecule has 1 aliphatic heterocycles. The average molecular weight is 391 g/mol. The molecule has 0 radical (unpaired) electrons. The molecule has 24 heavy (non-hydrogen) atoms. The maximum absolute atomic E-state index is 12.2. The first kappa shape index (κ1) is 19.9. The zero-order chi connectivity index (χ0) is 17.5. The number of esters is 1. The van der Waals surface area contributed by atoms with Crippen molar-refractivity contribution in [1.29, 1.82) is 0 Å². The van der Waals surface area contributed by atoms with E-state index in [2.05, 4.69) is 15.9 Å². The third kappa shape index (κ3) is 5.53. The van der Waals surface area contributed by atoms with E-state index in [4.69, 9.17) is 27.9 Å². The zero-order valence-electron chi connectivity index (χ0n) is 14.1. The first-order valence-electron chi connectivity index (χ1n) is 8.08. The molecule has 0 aromatic heterocycles. The van der Waals surface area contributed by atoms with E-state index in [-0.39, 0.29) is 11.9 Å². The molecule has 1 aromatic carbocycles. The number of nitrogens with one attached hydrogen (secondary N) is 1.